The lowest BCUT2D eigenvalue weighted by molar-refractivity contribution is -0.132. The van der Waals surface area contributed by atoms with Gasteiger partial charge in [-0.25, -0.2) is 4.79 Å². The van der Waals surface area contributed by atoms with Gasteiger partial charge in [-0.3, -0.25) is 0 Å². The Labute approximate surface area is 74.3 Å². The summed E-state index contributed by atoms with van der Waals surface area (Å²) in [5.74, 6) is -0.935. The molecule has 0 aromatic heterocycles. The molecule has 12 heavy (non-hydrogen) atoms. The van der Waals surface area contributed by atoms with Crippen LogP contribution in [0.25, 0.3) is 0 Å². The minimum atomic E-state index is -0.935. The van der Waals surface area contributed by atoms with Gasteiger partial charge in [0.05, 0.1) is 0 Å². The molecule has 0 saturated heterocycles. The third kappa shape index (κ3) is 7.32. The maximum Gasteiger partial charge on any atom is 0.330 e. The van der Waals surface area contributed by atoms with E-state index in [0.29, 0.717) is 0 Å². The van der Waals surface area contributed by atoms with Crippen molar-refractivity contribution in [3.8, 4) is 0 Å². The first kappa shape index (κ1) is 11.2. The van der Waals surface area contributed by atoms with Gasteiger partial charge < -0.3 is 5.11 Å². The summed E-state index contributed by atoms with van der Waals surface area (Å²) in [6, 6.07) is 0. The molecule has 0 unspecified atom stereocenters. The number of carboxylic acid groups (broad SMARTS) is 1. The summed E-state index contributed by atoms with van der Waals surface area (Å²) in [7, 11) is 0. The molecular weight excluding hydrogens is 152 g/mol. The molecule has 1 aliphatic carbocycles. The Kier molecular flexibility index (Phi) is 6.44. The average molecular weight is 169 g/mol. The maximum absolute atomic E-state index is 9.60. The molecule has 2 heteroatoms. The van der Waals surface area contributed by atoms with Gasteiger partial charge in [0.15, 0.2) is 0 Å². The Hall–Kier alpha value is -0.790. The first-order valence-corrected chi connectivity index (χ1v) is 4.35. The van der Waals surface area contributed by atoms with Crippen LogP contribution in [0.4, 0.5) is 0 Å². The smallest absolute Gasteiger partial charge is 0.330 e. The summed E-state index contributed by atoms with van der Waals surface area (Å²) in [5.41, 5.74) is 0.176. The normalized spacial score (nSPS) is 15.8. The van der Waals surface area contributed by atoms with Gasteiger partial charge in [-0.05, 0) is 13.3 Å². The second-order valence-corrected chi connectivity index (χ2v) is 3.01. The number of hydrogen-bond donors (Lipinski definition) is 1. The van der Waals surface area contributed by atoms with E-state index in [-0.39, 0.29) is 5.57 Å². The zero-order chi connectivity index (χ0) is 9.40. The predicted octanol–water partition coefficient (Wildman–Crippen LogP) is 2.80. The molecule has 1 fully saturated rings. The van der Waals surface area contributed by atoms with Gasteiger partial charge in [-0.1, -0.05) is 38.7 Å². The standard InChI is InChI=1S/C6H11.C4H6O2/c1-2-4-6-5-3-1;1-3(2)4(5)6/h1H,2-6H2;1H2,2H3,(H,5,6). The lowest BCUT2D eigenvalue weighted by atomic mass is 10.0. The molecule has 1 saturated carbocycles. The van der Waals surface area contributed by atoms with Crippen molar-refractivity contribution in [1.29, 1.82) is 0 Å². The zero-order valence-electron chi connectivity index (χ0n) is 7.68. The Morgan fingerprint density at radius 3 is 1.83 bits per heavy atom. The lowest BCUT2D eigenvalue weighted by Crippen LogP contribution is -1.92. The number of aliphatic carboxylic acids is 1. The second-order valence-electron chi connectivity index (χ2n) is 3.01. The Morgan fingerprint density at radius 2 is 1.75 bits per heavy atom. The summed E-state index contributed by atoms with van der Waals surface area (Å²) >= 11 is 0. The van der Waals surface area contributed by atoms with E-state index in [2.05, 4.69) is 13.0 Å². The fourth-order valence-corrected chi connectivity index (χ4v) is 0.898. The van der Waals surface area contributed by atoms with Crippen LogP contribution in [-0.2, 0) is 4.79 Å². The molecule has 69 valence electrons. The minimum absolute atomic E-state index is 0.176. The van der Waals surface area contributed by atoms with Crippen LogP contribution in [0.3, 0.4) is 0 Å². The molecule has 0 spiro atoms. The van der Waals surface area contributed by atoms with Crippen LogP contribution < -0.4 is 0 Å². The number of rotatable bonds is 1. The largest absolute Gasteiger partial charge is 0.478 e. The Morgan fingerprint density at radius 1 is 1.33 bits per heavy atom. The second kappa shape index (κ2) is 6.89. The lowest BCUT2D eigenvalue weighted by Gasteiger charge is -2.05. The highest BCUT2D eigenvalue weighted by Crippen LogP contribution is 2.14. The van der Waals surface area contributed by atoms with Crippen LogP contribution in [0, 0.1) is 6.42 Å². The zero-order valence-corrected chi connectivity index (χ0v) is 7.68. The van der Waals surface area contributed by atoms with Crippen molar-refractivity contribution in [2.24, 2.45) is 0 Å². The van der Waals surface area contributed by atoms with Gasteiger partial charge in [-0.2, -0.15) is 0 Å². The molecule has 0 heterocycles. The third-order valence-corrected chi connectivity index (χ3v) is 1.68. The molecule has 1 aliphatic rings. The molecule has 1 radical (unpaired) electrons. The number of hydrogen-bond acceptors (Lipinski definition) is 1. The Balaban J connectivity index is 0.000000202. The van der Waals surface area contributed by atoms with E-state index >= 15 is 0 Å². The molecule has 0 amide bonds. The fraction of sp³-hybridized carbons (Fsp3) is 0.600. The molecule has 0 aromatic carbocycles. The van der Waals surface area contributed by atoms with Crippen molar-refractivity contribution in [3.63, 3.8) is 0 Å². The molecule has 2 nitrogen and oxygen atoms in total. The van der Waals surface area contributed by atoms with Crippen LogP contribution in [0.5, 0.6) is 0 Å². The van der Waals surface area contributed by atoms with Gasteiger partial charge >= 0.3 is 5.97 Å². The highest BCUT2D eigenvalue weighted by molar-refractivity contribution is 5.84. The topological polar surface area (TPSA) is 37.3 Å². The molecule has 0 atom stereocenters. The quantitative estimate of drug-likeness (QED) is 0.613. The van der Waals surface area contributed by atoms with Crippen LogP contribution in [0.15, 0.2) is 12.2 Å². The average Bonchev–Trinajstić information content (AvgIpc) is 2.08. The van der Waals surface area contributed by atoms with Crippen molar-refractivity contribution in [1.82, 2.24) is 0 Å². The van der Waals surface area contributed by atoms with E-state index in [9.17, 15) is 4.79 Å². The summed E-state index contributed by atoms with van der Waals surface area (Å²) in [4.78, 5) is 9.60. The van der Waals surface area contributed by atoms with E-state index in [1.807, 2.05) is 0 Å². The number of carbonyl (C=O) groups is 1. The molecule has 1 N–H and O–H groups in total. The van der Waals surface area contributed by atoms with Crippen LogP contribution in [-0.4, -0.2) is 11.1 Å². The van der Waals surface area contributed by atoms with Crippen LogP contribution >= 0.6 is 0 Å². The minimum Gasteiger partial charge on any atom is -0.478 e. The first-order chi connectivity index (χ1) is 5.64. The van der Waals surface area contributed by atoms with Crippen molar-refractivity contribution >= 4 is 5.97 Å². The van der Waals surface area contributed by atoms with Gasteiger partial charge in [0.1, 0.15) is 0 Å². The highest BCUT2D eigenvalue weighted by Gasteiger charge is 1.95. The molecular formula is C10H17O2. The van der Waals surface area contributed by atoms with Gasteiger partial charge in [-0.15, -0.1) is 0 Å². The van der Waals surface area contributed by atoms with Gasteiger partial charge in [0.25, 0.3) is 0 Å². The van der Waals surface area contributed by atoms with E-state index in [1.54, 1.807) is 0 Å². The van der Waals surface area contributed by atoms with Crippen molar-refractivity contribution in [3.05, 3.63) is 18.6 Å². The van der Waals surface area contributed by atoms with Gasteiger partial charge in [0.2, 0.25) is 0 Å². The number of carboxylic acids is 1. The summed E-state index contributed by atoms with van der Waals surface area (Å²) in [6.07, 6.45) is 9.50. The van der Waals surface area contributed by atoms with E-state index in [0.717, 1.165) is 0 Å². The Bertz CT molecular complexity index is 122. The van der Waals surface area contributed by atoms with Crippen LogP contribution in [0.1, 0.15) is 39.0 Å². The maximum atomic E-state index is 9.60. The molecule has 1 rings (SSSR count). The summed E-state index contributed by atoms with van der Waals surface area (Å²) in [6.45, 7) is 4.60. The van der Waals surface area contributed by atoms with E-state index < -0.39 is 5.97 Å². The van der Waals surface area contributed by atoms with E-state index in [1.165, 1.54) is 39.0 Å². The van der Waals surface area contributed by atoms with Crippen LogP contribution in [0.2, 0.25) is 0 Å². The molecule has 0 aliphatic heterocycles. The van der Waals surface area contributed by atoms with Crippen molar-refractivity contribution in [2.75, 3.05) is 0 Å². The van der Waals surface area contributed by atoms with Crippen molar-refractivity contribution < 1.29 is 9.90 Å². The molecule has 0 aromatic rings. The van der Waals surface area contributed by atoms with Crippen molar-refractivity contribution in [2.45, 2.75) is 39.0 Å². The third-order valence-electron chi connectivity index (χ3n) is 1.68. The van der Waals surface area contributed by atoms with E-state index in [4.69, 9.17) is 5.11 Å². The SMILES string of the molecule is C=C(C)C(=O)O.[CH]1CCCCC1. The monoisotopic (exact) mass is 169 g/mol. The first-order valence-electron chi connectivity index (χ1n) is 4.35. The highest BCUT2D eigenvalue weighted by atomic mass is 16.4. The molecule has 0 bridgehead atoms. The predicted molar refractivity (Wildman–Crippen MR) is 49.8 cm³/mol. The van der Waals surface area contributed by atoms with Gasteiger partial charge in [0, 0.05) is 5.57 Å². The summed E-state index contributed by atoms with van der Waals surface area (Å²) < 4.78 is 0. The summed E-state index contributed by atoms with van der Waals surface area (Å²) in [5, 5.41) is 7.89. The fourth-order valence-electron chi connectivity index (χ4n) is 0.898.